The van der Waals surface area contributed by atoms with E-state index in [4.69, 9.17) is 0 Å². The summed E-state index contributed by atoms with van der Waals surface area (Å²) in [5.41, 5.74) is 2.59. The van der Waals surface area contributed by atoms with Gasteiger partial charge >= 0.3 is 0 Å². The first-order chi connectivity index (χ1) is 11.8. The summed E-state index contributed by atoms with van der Waals surface area (Å²) in [7, 11) is 0. The second-order valence-electron chi connectivity index (χ2n) is 5.98. The van der Waals surface area contributed by atoms with Crippen LogP contribution in [0.2, 0.25) is 0 Å². The van der Waals surface area contributed by atoms with Crippen molar-refractivity contribution in [1.29, 1.82) is 0 Å². The number of nitrogens with zero attached hydrogens (tertiary/aromatic N) is 1. The zero-order valence-corrected chi connectivity index (χ0v) is 14.9. The summed E-state index contributed by atoms with van der Waals surface area (Å²) in [5, 5.41) is 14.7. The molecule has 1 aromatic carbocycles. The quantitative estimate of drug-likeness (QED) is 0.627. The lowest BCUT2D eigenvalue weighted by atomic mass is 9.76. The minimum atomic E-state index is -0.720. The smallest absolute Gasteiger partial charge is 0.273 e. The minimum absolute atomic E-state index is 0.0854. The number of dihydropyridines is 1. The molecule has 1 aliphatic rings. The molecule has 1 heterocycles. The maximum absolute atomic E-state index is 12.4. The first-order valence-corrected chi connectivity index (χ1v) is 8.31. The van der Waals surface area contributed by atoms with Crippen molar-refractivity contribution in [3.8, 4) is 0 Å². The first kappa shape index (κ1) is 18.6. The van der Waals surface area contributed by atoms with E-state index in [0.717, 1.165) is 11.4 Å². The van der Waals surface area contributed by atoms with Gasteiger partial charge in [-0.3, -0.25) is 19.7 Å². The van der Waals surface area contributed by atoms with Crippen LogP contribution in [0, 0.1) is 10.1 Å². The van der Waals surface area contributed by atoms with Crippen LogP contribution in [0.25, 0.3) is 0 Å². The zero-order valence-electron chi connectivity index (χ0n) is 14.9. The van der Waals surface area contributed by atoms with Gasteiger partial charge in [-0.2, -0.15) is 0 Å². The van der Waals surface area contributed by atoms with Crippen molar-refractivity contribution in [3.63, 3.8) is 0 Å². The highest BCUT2D eigenvalue weighted by Crippen LogP contribution is 2.43. The summed E-state index contributed by atoms with van der Waals surface area (Å²) in [6, 6.07) is 6.31. The van der Waals surface area contributed by atoms with Crippen LogP contribution in [0.5, 0.6) is 0 Å². The Morgan fingerprint density at radius 2 is 1.52 bits per heavy atom. The van der Waals surface area contributed by atoms with Gasteiger partial charge in [0.2, 0.25) is 0 Å². The Morgan fingerprint density at radius 1 is 1.04 bits per heavy atom. The van der Waals surface area contributed by atoms with Crippen molar-refractivity contribution in [2.75, 3.05) is 0 Å². The van der Waals surface area contributed by atoms with Gasteiger partial charge in [0.05, 0.1) is 10.8 Å². The van der Waals surface area contributed by atoms with Crippen LogP contribution in [0.4, 0.5) is 5.69 Å². The average molecular weight is 342 g/mol. The zero-order chi connectivity index (χ0) is 18.7. The van der Waals surface area contributed by atoms with Gasteiger partial charge in [0.1, 0.15) is 0 Å². The molecule has 0 bridgehead atoms. The first-order valence-electron chi connectivity index (χ1n) is 8.31. The second kappa shape index (κ2) is 7.42. The van der Waals surface area contributed by atoms with E-state index in [2.05, 4.69) is 5.32 Å². The second-order valence-corrected chi connectivity index (χ2v) is 5.98. The van der Waals surface area contributed by atoms with Crippen molar-refractivity contribution in [3.05, 3.63) is 62.5 Å². The highest BCUT2D eigenvalue weighted by Gasteiger charge is 2.37. The molecular weight excluding hydrogens is 320 g/mol. The standard InChI is InChI=1S/C19H22N2O4/c1-5-14-17(11(3)22)19(18(12(4)23)15(6-2)20-14)13-9-7-8-10-16(13)21(24)25/h7-10,19-20H,5-6H2,1-4H3. The van der Waals surface area contributed by atoms with Crippen LogP contribution in [-0.4, -0.2) is 16.5 Å². The Bertz CT molecular complexity index is 767. The lowest BCUT2D eigenvalue weighted by Crippen LogP contribution is -2.31. The molecular formula is C19H22N2O4. The summed E-state index contributed by atoms with van der Waals surface area (Å²) < 4.78 is 0. The van der Waals surface area contributed by atoms with Gasteiger partial charge in [0.15, 0.2) is 11.6 Å². The molecule has 2 rings (SSSR count). The highest BCUT2D eigenvalue weighted by atomic mass is 16.6. The highest BCUT2D eigenvalue weighted by molar-refractivity contribution is 6.04. The lowest BCUT2D eigenvalue weighted by molar-refractivity contribution is -0.385. The SMILES string of the molecule is CCC1=C(C(C)=O)C(c2ccccc2[N+](=O)[O-])C(C(C)=O)=C(CC)N1. The van der Waals surface area contributed by atoms with Crippen molar-refractivity contribution in [2.24, 2.45) is 0 Å². The number of allylic oxidation sites excluding steroid dienone is 4. The van der Waals surface area contributed by atoms with Crippen LogP contribution >= 0.6 is 0 Å². The number of hydrogen-bond acceptors (Lipinski definition) is 5. The van der Waals surface area contributed by atoms with Crippen molar-refractivity contribution in [1.82, 2.24) is 5.32 Å². The van der Waals surface area contributed by atoms with E-state index in [1.54, 1.807) is 18.2 Å². The molecule has 0 atom stereocenters. The largest absolute Gasteiger partial charge is 0.362 e. The van der Waals surface area contributed by atoms with E-state index in [0.29, 0.717) is 29.6 Å². The number of rotatable bonds is 6. The van der Waals surface area contributed by atoms with Gasteiger partial charge in [0.25, 0.3) is 5.69 Å². The molecule has 0 aliphatic carbocycles. The fraction of sp³-hybridized carbons (Fsp3) is 0.368. The maximum atomic E-state index is 12.4. The van der Waals surface area contributed by atoms with Gasteiger partial charge in [-0.05, 0) is 26.7 Å². The molecule has 0 fully saturated rings. The van der Waals surface area contributed by atoms with Gasteiger partial charge in [-0.15, -0.1) is 0 Å². The molecule has 1 aromatic rings. The number of carbonyl (C=O) groups is 2. The molecule has 0 radical (unpaired) electrons. The summed E-state index contributed by atoms with van der Waals surface area (Å²) >= 11 is 0. The van der Waals surface area contributed by atoms with Crippen LogP contribution in [0.3, 0.4) is 0 Å². The van der Waals surface area contributed by atoms with Crippen LogP contribution < -0.4 is 5.32 Å². The summed E-state index contributed by atoms with van der Waals surface area (Å²) in [6.07, 6.45) is 1.14. The number of Topliss-reactive ketones (excluding diaryl/α,β-unsaturated/α-hetero) is 2. The molecule has 0 saturated carbocycles. The van der Waals surface area contributed by atoms with Crippen molar-refractivity contribution in [2.45, 2.75) is 46.5 Å². The Hall–Kier alpha value is -2.76. The summed E-state index contributed by atoms with van der Waals surface area (Å²) in [4.78, 5) is 35.8. The van der Waals surface area contributed by atoms with Gasteiger partial charge < -0.3 is 5.32 Å². The molecule has 1 N–H and O–H groups in total. The van der Waals surface area contributed by atoms with Gasteiger partial charge in [-0.1, -0.05) is 32.0 Å². The molecule has 6 nitrogen and oxygen atoms in total. The third-order valence-corrected chi connectivity index (χ3v) is 4.44. The Balaban J connectivity index is 2.86. The van der Waals surface area contributed by atoms with E-state index in [9.17, 15) is 19.7 Å². The molecule has 0 saturated heterocycles. The predicted octanol–water partition coefficient (Wildman–Crippen LogP) is 3.79. The molecule has 0 spiro atoms. The normalized spacial score (nSPS) is 15.2. The Labute approximate surface area is 146 Å². The fourth-order valence-electron chi connectivity index (χ4n) is 3.41. The van der Waals surface area contributed by atoms with E-state index in [-0.39, 0.29) is 17.3 Å². The Kier molecular flexibility index (Phi) is 5.51. The third-order valence-electron chi connectivity index (χ3n) is 4.44. The minimum Gasteiger partial charge on any atom is -0.362 e. The average Bonchev–Trinajstić information content (AvgIpc) is 2.59. The van der Waals surface area contributed by atoms with E-state index >= 15 is 0 Å². The number of nitro benzene ring substituents is 1. The van der Waals surface area contributed by atoms with Crippen LogP contribution in [0.15, 0.2) is 46.8 Å². The summed E-state index contributed by atoms with van der Waals surface area (Å²) in [5.74, 6) is -1.11. The summed E-state index contributed by atoms with van der Waals surface area (Å²) in [6.45, 7) is 6.69. The molecule has 0 amide bonds. The van der Waals surface area contributed by atoms with Crippen molar-refractivity contribution < 1.29 is 14.5 Å². The molecule has 0 aromatic heterocycles. The number of ketones is 2. The molecule has 1 aliphatic heterocycles. The molecule has 0 unspecified atom stereocenters. The topological polar surface area (TPSA) is 89.3 Å². The van der Waals surface area contributed by atoms with Crippen LogP contribution in [0.1, 0.15) is 52.0 Å². The third kappa shape index (κ3) is 3.38. The number of benzene rings is 1. The van der Waals surface area contributed by atoms with Crippen molar-refractivity contribution >= 4 is 17.3 Å². The number of carbonyl (C=O) groups excluding carboxylic acids is 2. The maximum Gasteiger partial charge on any atom is 0.273 e. The van der Waals surface area contributed by atoms with E-state index in [1.165, 1.54) is 19.9 Å². The number of nitro groups is 1. The van der Waals surface area contributed by atoms with E-state index in [1.807, 2.05) is 13.8 Å². The monoisotopic (exact) mass is 342 g/mol. The predicted molar refractivity (Wildman–Crippen MR) is 95.0 cm³/mol. The molecule has 25 heavy (non-hydrogen) atoms. The van der Waals surface area contributed by atoms with E-state index < -0.39 is 10.8 Å². The van der Waals surface area contributed by atoms with Crippen LogP contribution in [-0.2, 0) is 9.59 Å². The number of nitrogens with one attached hydrogen (secondary N) is 1. The number of hydrogen-bond donors (Lipinski definition) is 1. The molecule has 132 valence electrons. The lowest BCUT2D eigenvalue weighted by Gasteiger charge is -2.32. The Morgan fingerprint density at radius 3 is 1.92 bits per heavy atom. The number of para-hydroxylation sites is 1. The van der Waals surface area contributed by atoms with Gasteiger partial charge in [-0.25, -0.2) is 0 Å². The fourth-order valence-corrected chi connectivity index (χ4v) is 3.41. The molecule has 6 heteroatoms. The van der Waals surface area contributed by atoms with Gasteiger partial charge in [0, 0.05) is 34.2 Å².